The number of rotatable bonds is 7. The number of aliphatic hydroxyl groups is 1. The molecule has 0 radical (unpaired) electrons. The first kappa shape index (κ1) is 15.5. The van der Waals surface area contributed by atoms with E-state index in [1.165, 1.54) is 11.8 Å². The molecule has 0 aliphatic carbocycles. The highest BCUT2D eigenvalue weighted by atomic mass is 32.2. The summed E-state index contributed by atoms with van der Waals surface area (Å²) in [5.41, 5.74) is 0. The summed E-state index contributed by atoms with van der Waals surface area (Å²) in [6, 6.07) is 6.85. The van der Waals surface area contributed by atoms with Crippen LogP contribution in [0.4, 0.5) is 0 Å². The molecule has 0 aliphatic heterocycles. The van der Waals surface area contributed by atoms with Crippen LogP contribution in [0.5, 0.6) is 0 Å². The number of nitrogens with one attached hydrogen (secondary N) is 1. The van der Waals surface area contributed by atoms with Crippen LogP contribution in [0.3, 0.4) is 0 Å². The Bertz CT molecular complexity index is 474. The van der Waals surface area contributed by atoms with Gasteiger partial charge in [0.05, 0.1) is 11.5 Å². The van der Waals surface area contributed by atoms with Gasteiger partial charge in [0, 0.05) is 16.7 Å². The third-order valence-corrected chi connectivity index (χ3v) is 5.08. The highest BCUT2D eigenvalue weighted by Gasteiger charge is 2.18. The Morgan fingerprint density at radius 1 is 1.39 bits per heavy atom. The van der Waals surface area contributed by atoms with E-state index >= 15 is 0 Å². The third kappa shape index (κ3) is 4.28. The van der Waals surface area contributed by atoms with Crippen LogP contribution in [0.2, 0.25) is 0 Å². The fraction of sp³-hybridized carbons (Fsp3) is 0.500. The monoisotopic (exact) mass is 289 g/mol. The summed E-state index contributed by atoms with van der Waals surface area (Å²) in [6.45, 7) is 4.21. The maximum Gasteiger partial charge on any atom is 0.241 e. The number of hydrogen-bond acceptors (Lipinski definition) is 4. The maximum atomic E-state index is 12.1. The quantitative estimate of drug-likeness (QED) is 0.752. The predicted molar refractivity (Wildman–Crippen MR) is 74.3 cm³/mol. The Balaban J connectivity index is 3.01. The first-order valence-electron chi connectivity index (χ1n) is 5.87. The van der Waals surface area contributed by atoms with Crippen LogP contribution in [-0.4, -0.2) is 31.9 Å². The lowest BCUT2D eigenvalue weighted by molar-refractivity contribution is 0.300. The lowest BCUT2D eigenvalue weighted by atomic mass is 10.4. The first-order chi connectivity index (χ1) is 8.51. The van der Waals surface area contributed by atoms with Crippen molar-refractivity contribution in [1.29, 1.82) is 0 Å². The van der Waals surface area contributed by atoms with E-state index in [1.807, 2.05) is 13.8 Å². The molecule has 0 aliphatic rings. The van der Waals surface area contributed by atoms with Gasteiger partial charge < -0.3 is 5.11 Å². The van der Waals surface area contributed by atoms with Crippen molar-refractivity contribution in [3.05, 3.63) is 24.3 Å². The van der Waals surface area contributed by atoms with Crippen molar-refractivity contribution in [3.8, 4) is 0 Å². The molecule has 18 heavy (non-hydrogen) atoms. The molecule has 2 N–H and O–H groups in total. The number of sulfonamides is 1. The van der Waals surface area contributed by atoms with Gasteiger partial charge in [-0.1, -0.05) is 26.0 Å². The highest BCUT2D eigenvalue weighted by Crippen LogP contribution is 2.29. The average molecular weight is 289 g/mol. The lowest BCUT2D eigenvalue weighted by Gasteiger charge is -2.13. The molecule has 4 nitrogen and oxygen atoms in total. The smallest absolute Gasteiger partial charge is 0.241 e. The zero-order valence-corrected chi connectivity index (χ0v) is 12.2. The van der Waals surface area contributed by atoms with Crippen LogP contribution in [0.1, 0.15) is 20.3 Å². The molecular weight excluding hydrogens is 270 g/mol. The van der Waals surface area contributed by atoms with E-state index < -0.39 is 10.0 Å². The van der Waals surface area contributed by atoms with Crippen LogP contribution in [-0.2, 0) is 10.0 Å². The fourth-order valence-corrected chi connectivity index (χ4v) is 3.88. The normalized spacial score (nSPS) is 13.5. The summed E-state index contributed by atoms with van der Waals surface area (Å²) in [5, 5.41) is 9.01. The summed E-state index contributed by atoms with van der Waals surface area (Å²) in [6.07, 6.45) is 0.752. The third-order valence-electron chi connectivity index (χ3n) is 2.27. The Hall–Kier alpha value is -0.560. The van der Waals surface area contributed by atoms with Crippen molar-refractivity contribution in [3.63, 3.8) is 0 Å². The van der Waals surface area contributed by atoms with E-state index in [-0.39, 0.29) is 16.8 Å². The zero-order valence-electron chi connectivity index (χ0n) is 10.6. The maximum absolute atomic E-state index is 12.1. The number of thioether (sulfide) groups is 1. The summed E-state index contributed by atoms with van der Waals surface area (Å²) in [7, 11) is -3.46. The van der Waals surface area contributed by atoms with E-state index in [0.717, 1.165) is 6.42 Å². The summed E-state index contributed by atoms with van der Waals surface area (Å²) in [4.78, 5) is 0.950. The Kier molecular flexibility index (Phi) is 6.14. The molecule has 0 bridgehead atoms. The van der Waals surface area contributed by atoms with Gasteiger partial charge in [-0.2, -0.15) is 0 Å². The Morgan fingerprint density at radius 2 is 2.06 bits per heavy atom. The minimum absolute atomic E-state index is 0.0153. The lowest BCUT2D eigenvalue weighted by Crippen LogP contribution is -2.25. The average Bonchev–Trinajstić information content (AvgIpc) is 2.36. The SMILES string of the molecule is CCCNS(=O)(=O)c1ccccc1SC(C)CO. The fourth-order valence-electron chi connectivity index (χ4n) is 1.34. The molecule has 0 spiro atoms. The molecule has 1 aromatic carbocycles. The van der Waals surface area contributed by atoms with Crippen molar-refractivity contribution in [2.75, 3.05) is 13.2 Å². The second-order valence-electron chi connectivity index (χ2n) is 3.96. The van der Waals surface area contributed by atoms with Crippen LogP contribution in [0.15, 0.2) is 34.1 Å². The van der Waals surface area contributed by atoms with Crippen LogP contribution < -0.4 is 4.72 Å². The predicted octanol–water partition coefficient (Wildman–Crippen LogP) is 1.85. The molecule has 1 unspecified atom stereocenters. The largest absolute Gasteiger partial charge is 0.395 e. The molecule has 0 fully saturated rings. The van der Waals surface area contributed by atoms with Gasteiger partial charge >= 0.3 is 0 Å². The molecule has 0 saturated heterocycles. The molecule has 0 aromatic heterocycles. The summed E-state index contributed by atoms with van der Waals surface area (Å²) >= 11 is 1.36. The molecule has 102 valence electrons. The highest BCUT2D eigenvalue weighted by molar-refractivity contribution is 8.00. The standard InChI is InChI=1S/C12H19NO3S2/c1-3-8-13-18(15,16)12-7-5-4-6-11(12)17-10(2)9-14/h4-7,10,13-14H,3,8-9H2,1-2H3. The van der Waals surface area contributed by atoms with Gasteiger partial charge in [0.15, 0.2) is 0 Å². The van der Waals surface area contributed by atoms with Gasteiger partial charge in [-0.25, -0.2) is 13.1 Å². The van der Waals surface area contributed by atoms with E-state index in [9.17, 15) is 8.42 Å². The number of benzene rings is 1. The van der Waals surface area contributed by atoms with Crippen molar-refractivity contribution >= 4 is 21.8 Å². The van der Waals surface area contributed by atoms with Gasteiger partial charge in [-0.3, -0.25) is 0 Å². The molecule has 1 atom stereocenters. The topological polar surface area (TPSA) is 66.4 Å². The van der Waals surface area contributed by atoms with Gasteiger partial charge in [0.1, 0.15) is 0 Å². The van der Waals surface area contributed by atoms with Gasteiger partial charge in [0.2, 0.25) is 10.0 Å². The molecule has 0 saturated carbocycles. The molecule has 0 amide bonds. The minimum Gasteiger partial charge on any atom is -0.395 e. The van der Waals surface area contributed by atoms with Crippen LogP contribution >= 0.6 is 11.8 Å². The summed E-state index contributed by atoms with van der Waals surface area (Å²) in [5.74, 6) is 0. The number of aliphatic hydroxyl groups excluding tert-OH is 1. The molecular formula is C12H19NO3S2. The molecule has 0 heterocycles. The van der Waals surface area contributed by atoms with Gasteiger partial charge in [-0.15, -0.1) is 11.8 Å². The van der Waals surface area contributed by atoms with Crippen molar-refractivity contribution in [2.24, 2.45) is 0 Å². The van der Waals surface area contributed by atoms with E-state index in [1.54, 1.807) is 24.3 Å². The van der Waals surface area contributed by atoms with Gasteiger partial charge in [0.25, 0.3) is 0 Å². The number of hydrogen-bond donors (Lipinski definition) is 2. The van der Waals surface area contributed by atoms with E-state index in [2.05, 4.69) is 4.72 Å². The Morgan fingerprint density at radius 3 is 2.67 bits per heavy atom. The minimum atomic E-state index is -3.46. The van der Waals surface area contributed by atoms with E-state index in [0.29, 0.717) is 11.4 Å². The first-order valence-corrected chi connectivity index (χ1v) is 8.23. The van der Waals surface area contributed by atoms with Gasteiger partial charge in [-0.05, 0) is 18.6 Å². The molecule has 1 aromatic rings. The summed E-state index contributed by atoms with van der Waals surface area (Å²) < 4.78 is 26.7. The molecule has 6 heteroatoms. The van der Waals surface area contributed by atoms with Crippen molar-refractivity contribution in [2.45, 2.75) is 35.3 Å². The van der Waals surface area contributed by atoms with Crippen LogP contribution in [0.25, 0.3) is 0 Å². The Labute approximate surface area is 113 Å². The van der Waals surface area contributed by atoms with Crippen molar-refractivity contribution < 1.29 is 13.5 Å². The van der Waals surface area contributed by atoms with Crippen LogP contribution in [0, 0.1) is 0 Å². The second-order valence-corrected chi connectivity index (χ2v) is 7.17. The van der Waals surface area contributed by atoms with E-state index in [4.69, 9.17) is 5.11 Å². The van der Waals surface area contributed by atoms with Crippen molar-refractivity contribution in [1.82, 2.24) is 4.72 Å². The second kappa shape index (κ2) is 7.13. The molecule has 1 rings (SSSR count). The zero-order chi connectivity index (χ0) is 13.6.